The SMILES string of the molecule is CC1CN(c2cc(N[C@H]3C[C@H]4CC[C@@H]3C4)nc(N)n2)CCN1. The number of nitrogen functional groups attached to an aromatic ring is 1. The highest BCUT2D eigenvalue weighted by molar-refractivity contribution is 5.53. The van der Waals surface area contributed by atoms with Gasteiger partial charge in [0.1, 0.15) is 11.6 Å². The highest BCUT2D eigenvalue weighted by Crippen LogP contribution is 2.45. The lowest BCUT2D eigenvalue weighted by atomic mass is 9.95. The molecule has 2 aliphatic carbocycles. The van der Waals surface area contributed by atoms with Gasteiger partial charge < -0.3 is 21.3 Å². The van der Waals surface area contributed by atoms with Crippen LogP contribution in [-0.4, -0.2) is 41.7 Å². The second kappa shape index (κ2) is 5.57. The van der Waals surface area contributed by atoms with Crippen LogP contribution in [0.3, 0.4) is 0 Å². The van der Waals surface area contributed by atoms with E-state index in [1.54, 1.807) is 0 Å². The Morgan fingerprint density at radius 1 is 1.32 bits per heavy atom. The first kappa shape index (κ1) is 14.1. The number of anilines is 3. The van der Waals surface area contributed by atoms with E-state index < -0.39 is 0 Å². The number of nitrogens with two attached hydrogens (primary N) is 1. The Labute approximate surface area is 131 Å². The minimum absolute atomic E-state index is 0.370. The monoisotopic (exact) mass is 302 g/mol. The van der Waals surface area contributed by atoms with E-state index in [-0.39, 0.29) is 0 Å². The van der Waals surface area contributed by atoms with Crippen molar-refractivity contribution >= 4 is 17.6 Å². The molecule has 4 atom stereocenters. The summed E-state index contributed by atoms with van der Waals surface area (Å²) in [6.45, 7) is 5.11. The molecular formula is C16H26N6. The lowest BCUT2D eigenvalue weighted by Crippen LogP contribution is -2.49. The smallest absolute Gasteiger partial charge is 0.223 e. The van der Waals surface area contributed by atoms with Crippen LogP contribution in [0.5, 0.6) is 0 Å². The van der Waals surface area contributed by atoms with Gasteiger partial charge in [-0.3, -0.25) is 0 Å². The maximum Gasteiger partial charge on any atom is 0.223 e. The maximum atomic E-state index is 5.95. The fraction of sp³-hybridized carbons (Fsp3) is 0.750. The van der Waals surface area contributed by atoms with E-state index in [1.165, 1.54) is 25.7 Å². The first-order valence-electron chi connectivity index (χ1n) is 8.57. The van der Waals surface area contributed by atoms with Gasteiger partial charge in [-0.25, -0.2) is 0 Å². The Kier molecular flexibility index (Phi) is 3.56. The largest absolute Gasteiger partial charge is 0.368 e. The zero-order chi connectivity index (χ0) is 15.1. The van der Waals surface area contributed by atoms with Crippen molar-refractivity contribution in [3.63, 3.8) is 0 Å². The Morgan fingerprint density at radius 2 is 2.23 bits per heavy atom. The van der Waals surface area contributed by atoms with Crippen molar-refractivity contribution in [2.75, 3.05) is 35.6 Å². The van der Waals surface area contributed by atoms with Gasteiger partial charge in [0, 0.05) is 37.8 Å². The molecule has 4 rings (SSSR count). The third-order valence-electron chi connectivity index (χ3n) is 5.49. The molecule has 1 aliphatic heterocycles. The van der Waals surface area contributed by atoms with E-state index in [4.69, 9.17) is 5.73 Å². The summed E-state index contributed by atoms with van der Waals surface area (Å²) in [5.74, 6) is 3.96. The number of hydrogen-bond donors (Lipinski definition) is 3. The molecule has 3 aliphatic rings. The van der Waals surface area contributed by atoms with E-state index in [2.05, 4.69) is 38.5 Å². The molecule has 0 radical (unpaired) electrons. The van der Waals surface area contributed by atoms with Gasteiger partial charge in [0.15, 0.2) is 0 Å². The summed E-state index contributed by atoms with van der Waals surface area (Å²) in [5, 5.41) is 7.09. The molecule has 120 valence electrons. The van der Waals surface area contributed by atoms with Crippen LogP contribution in [0, 0.1) is 11.8 Å². The molecule has 2 bridgehead atoms. The number of nitrogens with zero attached hydrogens (tertiary/aromatic N) is 3. The molecule has 2 saturated carbocycles. The molecule has 1 unspecified atom stereocenters. The molecule has 22 heavy (non-hydrogen) atoms. The summed E-state index contributed by atoms with van der Waals surface area (Å²) in [7, 11) is 0. The van der Waals surface area contributed by atoms with Gasteiger partial charge in [-0.15, -0.1) is 0 Å². The highest BCUT2D eigenvalue weighted by atomic mass is 15.3. The van der Waals surface area contributed by atoms with Gasteiger partial charge >= 0.3 is 0 Å². The Balaban J connectivity index is 1.50. The fourth-order valence-electron chi connectivity index (χ4n) is 4.44. The van der Waals surface area contributed by atoms with Crippen LogP contribution in [0.25, 0.3) is 0 Å². The van der Waals surface area contributed by atoms with E-state index in [0.29, 0.717) is 18.0 Å². The molecular weight excluding hydrogens is 276 g/mol. The van der Waals surface area contributed by atoms with Crippen LogP contribution < -0.4 is 21.3 Å². The van der Waals surface area contributed by atoms with Gasteiger partial charge in [-0.05, 0) is 38.0 Å². The summed E-state index contributed by atoms with van der Waals surface area (Å²) < 4.78 is 0. The molecule has 6 nitrogen and oxygen atoms in total. The summed E-state index contributed by atoms with van der Waals surface area (Å²) in [6, 6.07) is 3.12. The third-order valence-corrected chi connectivity index (χ3v) is 5.49. The second-order valence-corrected chi connectivity index (χ2v) is 7.20. The predicted octanol–water partition coefficient (Wildman–Crippen LogP) is 1.46. The number of hydrogen-bond acceptors (Lipinski definition) is 6. The van der Waals surface area contributed by atoms with Gasteiger partial charge in [0.25, 0.3) is 0 Å². The van der Waals surface area contributed by atoms with Gasteiger partial charge in [0.05, 0.1) is 0 Å². The van der Waals surface area contributed by atoms with Crippen LogP contribution in [0.4, 0.5) is 17.6 Å². The average Bonchev–Trinajstić information content (AvgIpc) is 3.09. The maximum absolute atomic E-state index is 5.95. The molecule has 1 aromatic rings. The summed E-state index contributed by atoms with van der Waals surface area (Å²) in [4.78, 5) is 11.1. The molecule has 3 fully saturated rings. The first-order valence-corrected chi connectivity index (χ1v) is 8.57. The number of nitrogens with one attached hydrogen (secondary N) is 2. The average molecular weight is 302 g/mol. The van der Waals surface area contributed by atoms with Crippen molar-refractivity contribution in [3.05, 3.63) is 6.07 Å². The van der Waals surface area contributed by atoms with Crippen molar-refractivity contribution in [2.24, 2.45) is 11.8 Å². The first-order chi connectivity index (χ1) is 10.7. The number of piperazine rings is 1. The zero-order valence-electron chi connectivity index (χ0n) is 13.3. The van der Waals surface area contributed by atoms with Gasteiger partial charge in [-0.1, -0.05) is 6.42 Å². The van der Waals surface area contributed by atoms with Crippen LogP contribution in [0.1, 0.15) is 32.6 Å². The van der Waals surface area contributed by atoms with E-state index in [0.717, 1.165) is 43.1 Å². The Hall–Kier alpha value is -1.56. The lowest BCUT2D eigenvalue weighted by Gasteiger charge is -2.33. The van der Waals surface area contributed by atoms with E-state index >= 15 is 0 Å². The zero-order valence-corrected chi connectivity index (χ0v) is 13.3. The topological polar surface area (TPSA) is 79.1 Å². The molecule has 1 aromatic heterocycles. The predicted molar refractivity (Wildman–Crippen MR) is 89.0 cm³/mol. The minimum Gasteiger partial charge on any atom is -0.368 e. The van der Waals surface area contributed by atoms with Crippen LogP contribution in [0.2, 0.25) is 0 Å². The van der Waals surface area contributed by atoms with Crippen molar-refractivity contribution in [1.82, 2.24) is 15.3 Å². The normalized spacial score (nSPS) is 34.1. The minimum atomic E-state index is 0.370. The van der Waals surface area contributed by atoms with Gasteiger partial charge in [-0.2, -0.15) is 9.97 Å². The second-order valence-electron chi connectivity index (χ2n) is 7.20. The molecule has 2 heterocycles. The van der Waals surface area contributed by atoms with Crippen LogP contribution in [0.15, 0.2) is 6.07 Å². The van der Waals surface area contributed by atoms with Crippen molar-refractivity contribution in [3.8, 4) is 0 Å². The number of rotatable bonds is 3. The van der Waals surface area contributed by atoms with Crippen LogP contribution in [-0.2, 0) is 0 Å². The number of aromatic nitrogens is 2. The van der Waals surface area contributed by atoms with Crippen molar-refractivity contribution in [1.29, 1.82) is 0 Å². The van der Waals surface area contributed by atoms with Crippen molar-refractivity contribution < 1.29 is 0 Å². The Morgan fingerprint density at radius 3 is 2.95 bits per heavy atom. The van der Waals surface area contributed by atoms with Crippen LogP contribution >= 0.6 is 0 Å². The van der Waals surface area contributed by atoms with E-state index in [9.17, 15) is 0 Å². The fourth-order valence-corrected chi connectivity index (χ4v) is 4.44. The summed E-state index contributed by atoms with van der Waals surface area (Å²) in [6.07, 6.45) is 5.46. The van der Waals surface area contributed by atoms with Crippen molar-refractivity contribution in [2.45, 2.75) is 44.7 Å². The summed E-state index contributed by atoms with van der Waals surface area (Å²) >= 11 is 0. The lowest BCUT2D eigenvalue weighted by molar-refractivity contribution is 0.439. The third kappa shape index (κ3) is 2.72. The molecule has 4 N–H and O–H groups in total. The summed E-state index contributed by atoms with van der Waals surface area (Å²) in [5.41, 5.74) is 5.95. The van der Waals surface area contributed by atoms with Gasteiger partial charge in [0.2, 0.25) is 5.95 Å². The highest BCUT2D eigenvalue weighted by Gasteiger charge is 2.39. The molecule has 0 spiro atoms. The quantitative estimate of drug-likeness (QED) is 0.784. The Bertz CT molecular complexity index is 547. The molecule has 0 aromatic carbocycles. The standard InChI is InChI=1S/C16H26N6/c1-10-9-22(5-4-18-10)15-8-14(20-16(17)21-15)19-13-7-11-2-3-12(13)6-11/h8,10-13,18H,2-7,9H2,1H3,(H3,17,19,20,21)/t10?,11-,12+,13-/m0/s1. The number of fused-ring (bicyclic) bond motifs is 2. The molecule has 0 amide bonds. The molecule has 1 saturated heterocycles. The molecule has 6 heteroatoms. The van der Waals surface area contributed by atoms with E-state index in [1.807, 2.05) is 0 Å².